The maximum absolute atomic E-state index is 14.8. The molecule has 1 aromatic heterocycles. The Bertz CT molecular complexity index is 964. The molecule has 1 spiro atoms. The van der Waals surface area contributed by atoms with Crippen molar-refractivity contribution in [2.75, 3.05) is 24.5 Å². The molecule has 1 aliphatic carbocycles. The zero-order valence-corrected chi connectivity index (χ0v) is 18.3. The van der Waals surface area contributed by atoms with Gasteiger partial charge in [0.2, 0.25) is 5.91 Å². The molecule has 3 heterocycles. The molecule has 3 aliphatic rings. The predicted molar refractivity (Wildman–Crippen MR) is 119 cm³/mol. The first-order valence-electron chi connectivity index (χ1n) is 11.7. The number of nitrogens with zero attached hydrogens (tertiary/aromatic N) is 3. The van der Waals surface area contributed by atoms with E-state index in [2.05, 4.69) is 14.8 Å². The van der Waals surface area contributed by atoms with Crippen LogP contribution in [-0.4, -0.2) is 52.7 Å². The van der Waals surface area contributed by atoms with Crippen LogP contribution in [0.1, 0.15) is 44.9 Å². The summed E-state index contributed by atoms with van der Waals surface area (Å²) in [5.41, 5.74) is 0.410. The first-order valence-corrected chi connectivity index (χ1v) is 11.7. The molecule has 0 unspecified atom stereocenters. The van der Waals surface area contributed by atoms with E-state index in [4.69, 9.17) is 4.74 Å². The van der Waals surface area contributed by atoms with Gasteiger partial charge in [-0.3, -0.25) is 9.78 Å². The van der Waals surface area contributed by atoms with Gasteiger partial charge in [0.1, 0.15) is 5.75 Å². The van der Waals surface area contributed by atoms with Crippen LogP contribution in [0.25, 0.3) is 0 Å². The number of hydrogen-bond acceptors (Lipinski definition) is 5. The van der Waals surface area contributed by atoms with Crippen molar-refractivity contribution in [3.05, 3.63) is 48.5 Å². The van der Waals surface area contributed by atoms with Crippen LogP contribution in [0.4, 0.5) is 10.1 Å². The number of carbonyl (C=O) groups is 1. The van der Waals surface area contributed by atoms with E-state index in [1.807, 2.05) is 6.07 Å². The molecule has 5 rings (SSSR count). The number of piperidine rings is 1. The molecule has 2 aromatic rings. The summed E-state index contributed by atoms with van der Waals surface area (Å²) in [7, 11) is 0. The summed E-state index contributed by atoms with van der Waals surface area (Å²) >= 11 is 0. The van der Waals surface area contributed by atoms with Crippen molar-refractivity contribution < 1.29 is 19.0 Å². The molecule has 2 aliphatic heterocycles. The molecular weight excluding hydrogens is 409 g/mol. The molecule has 0 bridgehead atoms. The van der Waals surface area contributed by atoms with Crippen molar-refractivity contribution in [1.29, 1.82) is 0 Å². The molecule has 1 amide bonds. The Morgan fingerprint density at radius 1 is 1.06 bits per heavy atom. The molecule has 7 heteroatoms. The van der Waals surface area contributed by atoms with Crippen molar-refractivity contribution in [1.82, 2.24) is 9.88 Å². The van der Waals surface area contributed by atoms with Crippen LogP contribution in [0, 0.1) is 11.2 Å². The van der Waals surface area contributed by atoms with Gasteiger partial charge in [-0.1, -0.05) is 0 Å². The number of amides is 1. The normalized spacial score (nSPS) is 28.4. The Morgan fingerprint density at radius 2 is 1.84 bits per heavy atom. The van der Waals surface area contributed by atoms with Gasteiger partial charge in [0.15, 0.2) is 11.6 Å². The number of aliphatic hydroxyl groups excluding tert-OH is 1. The number of ether oxygens (including phenoxy) is 1. The lowest BCUT2D eigenvalue weighted by Gasteiger charge is -2.41. The fourth-order valence-electron chi connectivity index (χ4n) is 5.60. The number of likely N-dealkylation sites (tertiary alicyclic amines) is 1. The van der Waals surface area contributed by atoms with E-state index in [-0.39, 0.29) is 29.2 Å². The minimum atomic E-state index is -0.418. The highest BCUT2D eigenvalue weighted by molar-refractivity contribution is 5.86. The Labute approximate surface area is 188 Å². The third-order valence-corrected chi connectivity index (χ3v) is 7.39. The minimum Gasteiger partial charge on any atom is -0.454 e. The van der Waals surface area contributed by atoms with Gasteiger partial charge < -0.3 is 19.6 Å². The number of pyridine rings is 1. The predicted octanol–water partition coefficient (Wildman–Crippen LogP) is 4.14. The topological polar surface area (TPSA) is 65.9 Å². The van der Waals surface area contributed by atoms with E-state index >= 15 is 0 Å². The van der Waals surface area contributed by atoms with Gasteiger partial charge >= 0.3 is 0 Å². The van der Waals surface area contributed by atoms with Crippen LogP contribution < -0.4 is 9.64 Å². The number of rotatable bonds is 4. The second kappa shape index (κ2) is 8.70. The smallest absolute Gasteiger partial charge is 0.230 e. The zero-order valence-electron chi connectivity index (χ0n) is 18.3. The maximum Gasteiger partial charge on any atom is 0.230 e. The minimum absolute atomic E-state index is 0.175. The molecule has 6 nitrogen and oxygen atoms in total. The van der Waals surface area contributed by atoms with Gasteiger partial charge in [0, 0.05) is 49.8 Å². The Kier molecular flexibility index (Phi) is 5.76. The molecule has 1 aromatic carbocycles. The van der Waals surface area contributed by atoms with E-state index in [9.17, 15) is 14.3 Å². The highest BCUT2D eigenvalue weighted by Gasteiger charge is 2.50. The van der Waals surface area contributed by atoms with Crippen molar-refractivity contribution in [2.24, 2.45) is 5.41 Å². The number of aromatic nitrogens is 1. The number of anilines is 1. The fraction of sp³-hybridized carbons (Fsp3) is 0.520. The summed E-state index contributed by atoms with van der Waals surface area (Å²) in [6.07, 6.45) is 8.98. The fourth-order valence-corrected chi connectivity index (χ4v) is 5.60. The Balaban J connectivity index is 1.29. The van der Waals surface area contributed by atoms with Gasteiger partial charge in [-0.15, -0.1) is 0 Å². The molecule has 0 radical (unpaired) electrons. The number of hydrogen-bond donors (Lipinski definition) is 1. The van der Waals surface area contributed by atoms with Gasteiger partial charge in [-0.25, -0.2) is 4.39 Å². The molecule has 1 saturated carbocycles. The average molecular weight is 440 g/mol. The lowest BCUT2D eigenvalue weighted by molar-refractivity contribution is -0.139. The molecule has 1 N–H and O–H groups in total. The molecule has 170 valence electrons. The molecule has 3 fully saturated rings. The lowest BCUT2D eigenvalue weighted by atomic mass is 9.78. The zero-order chi connectivity index (χ0) is 22.1. The average Bonchev–Trinajstić information content (AvgIpc) is 3.12. The highest BCUT2D eigenvalue weighted by Crippen LogP contribution is 2.43. The van der Waals surface area contributed by atoms with Gasteiger partial charge in [-0.2, -0.15) is 0 Å². The van der Waals surface area contributed by atoms with Crippen LogP contribution in [0.15, 0.2) is 42.7 Å². The van der Waals surface area contributed by atoms with Crippen molar-refractivity contribution in [2.45, 2.75) is 57.1 Å². The van der Waals surface area contributed by atoms with Crippen LogP contribution in [0.3, 0.4) is 0 Å². The third-order valence-electron chi connectivity index (χ3n) is 7.39. The second-order valence-corrected chi connectivity index (χ2v) is 9.42. The van der Waals surface area contributed by atoms with Crippen LogP contribution in [0.2, 0.25) is 0 Å². The monoisotopic (exact) mass is 439 g/mol. The van der Waals surface area contributed by atoms with E-state index in [1.54, 1.807) is 30.6 Å². The maximum atomic E-state index is 14.8. The van der Waals surface area contributed by atoms with Crippen molar-refractivity contribution >= 4 is 11.6 Å². The summed E-state index contributed by atoms with van der Waals surface area (Å²) in [6.45, 7) is 2.23. The summed E-state index contributed by atoms with van der Waals surface area (Å²) in [6, 6.07) is 8.66. The van der Waals surface area contributed by atoms with E-state index in [1.165, 1.54) is 6.07 Å². The summed E-state index contributed by atoms with van der Waals surface area (Å²) in [4.78, 5) is 21.7. The van der Waals surface area contributed by atoms with Gasteiger partial charge in [-0.05, 0) is 69.2 Å². The summed E-state index contributed by atoms with van der Waals surface area (Å²) < 4.78 is 20.4. The van der Waals surface area contributed by atoms with E-state index in [0.29, 0.717) is 12.3 Å². The Hall–Kier alpha value is -2.67. The van der Waals surface area contributed by atoms with Gasteiger partial charge in [0.05, 0.1) is 11.5 Å². The molecule has 2 saturated heterocycles. The number of carbonyl (C=O) groups excluding carboxylic acids is 1. The van der Waals surface area contributed by atoms with E-state index < -0.39 is 5.82 Å². The van der Waals surface area contributed by atoms with Crippen LogP contribution in [-0.2, 0) is 4.79 Å². The van der Waals surface area contributed by atoms with Crippen LogP contribution in [0.5, 0.6) is 11.5 Å². The quantitative estimate of drug-likeness (QED) is 0.776. The lowest BCUT2D eigenvalue weighted by Crippen LogP contribution is -2.50. The number of halogens is 1. The Morgan fingerprint density at radius 3 is 2.59 bits per heavy atom. The van der Waals surface area contributed by atoms with Crippen molar-refractivity contribution in [3.8, 4) is 11.5 Å². The first kappa shape index (κ1) is 21.2. The number of benzene rings is 1. The van der Waals surface area contributed by atoms with Crippen molar-refractivity contribution in [3.63, 3.8) is 0 Å². The molecular formula is C25H30FN3O3. The highest BCUT2D eigenvalue weighted by atomic mass is 19.1. The van der Waals surface area contributed by atoms with Gasteiger partial charge in [0.25, 0.3) is 0 Å². The SMILES string of the molecule is O=C1N([C@H]2CC[C@H](O)CC2)CC[C@]12CCCN(c1ccc(Oc3ccncc3)c(F)c1)C2. The largest absolute Gasteiger partial charge is 0.454 e. The summed E-state index contributed by atoms with van der Waals surface area (Å²) in [5.74, 6) is 0.547. The first-order chi connectivity index (χ1) is 15.5. The molecule has 32 heavy (non-hydrogen) atoms. The van der Waals surface area contributed by atoms with Crippen LogP contribution >= 0.6 is 0 Å². The summed E-state index contributed by atoms with van der Waals surface area (Å²) in [5, 5.41) is 9.81. The standard InChI is InChI=1S/C25H30FN3O3/c26-22-16-19(4-7-23(22)32-21-8-12-27-13-9-21)28-14-1-10-25(17-28)11-15-29(24(25)31)18-2-5-20(30)6-3-18/h4,7-9,12-13,16,18,20,30H,1-3,5-6,10-11,14-15,17H2/t18-,20-,25-/m0/s1. The number of aliphatic hydroxyl groups is 1. The second-order valence-electron chi connectivity index (χ2n) is 9.42. The van der Waals surface area contributed by atoms with E-state index in [0.717, 1.165) is 63.7 Å². The third kappa shape index (κ3) is 4.06. The molecule has 1 atom stereocenters.